The second-order valence-corrected chi connectivity index (χ2v) is 10.2. The number of rotatable bonds is 6. The number of halogens is 1. The molecule has 1 aliphatic rings. The summed E-state index contributed by atoms with van der Waals surface area (Å²) in [6.45, 7) is 0.925. The largest absolute Gasteiger partial charge is 0.336 e. The molecule has 0 radical (unpaired) electrons. The van der Waals surface area contributed by atoms with Crippen LogP contribution in [0, 0.1) is 5.82 Å². The Morgan fingerprint density at radius 3 is 2.23 bits per heavy atom. The molecule has 180 valence electrons. The molecule has 0 atom stereocenters. The van der Waals surface area contributed by atoms with Crippen molar-refractivity contribution in [2.45, 2.75) is 5.75 Å². The number of sulfonamides is 1. The second-order valence-electron chi connectivity index (χ2n) is 8.27. The molecule has 0 aliphatic carbocycles. The molecule has 35 heavy (non-hydrogen) atoms. The van der Waals surface area contributed by atoms with Crippen molar-refractivity contribution in [3.8, 4) is 11.5 Å². The number of benzene rings is 2. The van der Waals surface area contributed by atoms with Gasteiger partial charge < -0.3 is 9.47 Å². The van der Waals surface area contributed by atoms with Gasteiger partial charge in [-0.1, -0.05) is 42.5 Å². The van der Waals surface area contributed by atoms with Gasteiger partial charge in [-0.3, -0.25) is 4.79 Å². The van der Waals surface area contributed by atoms with Crippen molar-refractivity contribution in [1.29, 1.82) is 0 Å². The third kappa shape index (κ3) is 4.62. The van der Waals surface area contributed by atoms with Crippen LogP contribution in [0.2, 0.25) is 0 Å². The second kappa shape index (κ2) is 9.47. The van der Waals surface area contributed by atoms with E-state index in [4.69, 9.17) is 0 Å². The Labute approximate surface area is 202 Å². The van der Waals surface area contributed by atoms with E-state index in [1.807, 2.05) is 30.3 Å². The van der Waals surface area contributed by atoms with Gasteiger partial charge in [0.2, 0.25) is 10.0 Å². The summed E-state index contributed by atoms with van der Waals surface area (Å²) in [6, 6.07) is 18.9. The molecule has 8 nitrogen and oxygen atoms in total. The Morgan fingerprint density at radius 2 is 1.54 bits per heavy atom. The van der Waals surface area contributed by atoms with Gasteiger partial charge in [0.15, 0.2) is 5.82 Å². The minimum Gasteiger partial charge on any atom is -0.336 e. The number of aromatic nitrogens is 3. The first-order chi connectivity index (χ1) is 16.9. The average molecular weight is 494 g/mol. The lowest BCUT2D eigenvalue weighted by Gasteiger charge is -2.34. The zero-order valence-electron chi connectivity index (χ0n) is 18.9. The maximum atomic E-state index is 14.5. The first-order valence-corrected chi connectivity index (χ1v) is 12.8. The van der Waals surface area contributed by atoms with Crippen LogP contribution in [0.1, 0.15) is 15.9 Å². The van der Waals surface area contributed by atoms with Gasteiger partial charge >= 0.3 is 0 Å². The summed E-state index contributed by atoms with van der Waals surface area (Å²) in [5.74, 6) is -0.393. The predicted molar refractivity (Wildman–Crippen MR) is 129 cm³/mol. The SMILES string of the molecule is O=C(c1cnn(-c2ccccc2F)c1-n1cccc1)N1CCN(S(=O)(=O)Cc2ccccc2)CC1. The predicted octanol–water partition coefficient (Wildman–Crippen LogP) is 3.09. The number of nitrogens with zero attached hydrogens (tertiary/aromatic N) is 5. The quantitative estimate of drug-likeness (QED) is 0.414. The van der Waals surface area contributed by atoms with Crippen LogP contribution in [0.5, 0.6) is 0 Å². The van der Waals surface area contributed by atoms with Gasteiger partial charge in [-0.05, 0) is 29.8 Å². The van der Waals surface area contributed by atoms with Gasteiger partial charge in [-0.25, -0.2) is 17.5 Å². The zero-order valence-corrected chi connectivity index (χ0v) is 19.7. The van der Waals surface area contributed by atoms with Crippen LogP contribution < -0.4 is 0 Å². The zero-order chi connectivity index (χ0) is 24.4. The molecule has 0 spiro atoms. The highest BCUT2D eigenvalue weighted by Gasteiger charge is 2.31. The summed E-state index contributed by atoms with van der Waals surface area (Å²) in [4.78, 5) is 15.1. The van der Waals surface area contributed by atoms with Crippen LogP contribution in [0.3, 0.4) is 0 Å². The summed E-state index contributed by atoms with van der Waals surface area (Å²) in [5.41, 5.74) is 1.26. The molecule has 2 aromatic heterocycles. The molecule has 5 rings (SSSR count). The van der Waals surface area contributed by atoms with E-state index in [-0.39, 0.29) is 43.5 Å². The van der Waals surface area contributed by atoms with E-state index in [2.05, 4.69) is 5.10 Å². The molecule has 4 aromatic rings. The van der Waals surface area contributed by atoms with Gasteiger partial charge in [0.25, 0.3) is 5.91 Å². The van der Waals surface area contributed by atoms with Crippen LogP contribution in [-0.4, -0.2) is 64.1 Å². The molecular weight excluding hydrogens is 469 g/mol. The van der Waals surface area contributed by atoms with E-state index < -0.39 is 15.8 Å². The number of piperazine rings is 1. The van der Waals surface area contributed by atoms with E-state index in [9.17, 15) is 17.6 Å². The highest BCUT2D eigenvalue weighted by atomic mass is 32.2. The fourth-order valence-electron chi connectivity index (χ4n) is 4.23. The fourth-order valence-corrected chi connectivity index (χ4v) is 5.75. The van der Waals surface area contributed by atoms with Crippen LogP contribution in [0.4, 0.5) is 4.39 Å². The number of hydrogen-bond donors (Lipinski definition) is 0. The van der Waals surface area contributed by atoms with Gasteiger partial charge in [0, 0.05) is 38.6 Å². The maximum absolute atomic E-state index is 14.5. The molecule has 1 saturated heterocycles. The lowest BCUT2D eigenvalue weighted by Crippen LogP contribution is -2.50. The molecule has 1 fully saturated rings. The normalized spacial score (nSPS) is 14.8. The third-order valence-corrected chi connectivity index (χ3v) is 7.87. The third-order valence-electron chi connectivity index (χ3n) is 6.02. The van der Waals surface area contributed by atoms with Crippen LogP contribution >= 0.6 is 0 Å². The molecule has 1 aliphatic heterocycles. The number of para-hydroxylation sites is 1. The standard InChI is InChI=1S/C25H24FN5O3S/c26-22-10-4-5-11-23(22)31-24(28-12-6-7-13-28)21(18-27-31)25(32)29-14-16-30(17-15-29)35(33,34)19-20-8-2-1-3-9-20/h1-13,18H,14-17,19H2. The van der Waals surface area contributed by atoms with Crippen LogP contribution in [-0.2, 0) is 15.8 Å². The minimum atomic E-state index is -3.50. The summed E-state index contributed by atoms with van der Waals surface area (Å²) < 4.78 is 44.8. The van der Waals surface area contributed by atoms with Gasteiger partial charge in [0.05, 0.1) is 11.9 Å². The maximum Gasteiger partial charge on any atom is 0.259 e. The Balaban J connectivity index is 1.37. The van der Waals surface area contributed by atoms with Crippen LogP contribution in [0.25, 0.3) is 11.5 Å². The van der Waals surface area contributed by atoms with Gasteiger partial charge in [-0.2, -0.15) is 9.40 Å². The van der Waals surface area contributed by atoms with E-state index in [0.717, 1.165) is 5.56 Å². The highest BCUT2D eigenvalue weighted by Crippen LogP contribution is 2.24. The van der Waals surface area contributed by atoms with E-state index in [1.54, 1.807) is 52.2 Å². The van der Waals surface area contributed by atoms with Gasteiger partial charge in [-0.15, -0.1) is 0 Å². The Bertz CT molecular complexity index is 1430. The number of carbonyl (C=O) groups is 1. The Morgan fingerprint density at radius 1 is 0.886 bits per heavy atom. The Kier molecular flexibility index (Phi) is 6.23. The van der Waals surface area contributed by atoms with Crippen molar-refractivity contribution in [3.63, 3.8) is 0 Å². The van der Waals surface area contributed by atoms with E-state index in [1.165, 1.54) is 21.3 Å². The molecule has 0 bridgehead atoms. The lowest BCUT2D eigenvalue weighted by atomic mass is 10.2. The lowest BCUT2D eigenvalue weighted by molar-refractivity contribution is 0.0697. The summed E-state index contributed by atoms with van der Waals surface area (Å²) in [5, 5.41) is 4.32. The number of amides is 1. The minimum absolute atomic E-state index is 0.0744. The van der Waals surface area contributed by atoms with Crippen molar-refractivity contribution >= 4 is 15.9 Å². The highest BCUT2D eigenvalue weighted by molar-refractivity contribution is 7.88. The van der Waals surface area contributed by atoms with Crippen molar-refractivity contribution in [2.24, 2.45) is 0 Å². The molecule has 2 aromatic carbocycles. The van der Waals surface area contributed by atoms with Crippen molar-refractivity contribution in [2.75, 3.05) is 26.2 Å². The monoisotopic (exact) mass is 493 g/mol. The molecule has 1 amide bonds. The van der Waals surface area contributed by atoms with Crippen LogP contribution in [0.15, 0.2) is 85.3 Å². The first kappa shape index (κ1) is 23.0. The molecule has 0 saturated carbocycles. The van der Waals surface area contributed by atoms with Gasteiger partial charge in [0.1, 0.15) is 17.1 Å². The van der Waals surface area contributed by atoms with Crippen molar-refractivity contribution < 1.29 is 17.6 Å². The van der Waals surface area contributed by atoms with E-state index in [0.29, 0.717) is 11.4 Å². The fraction of sp³-hybridized carbons (Fsp3) is 0.200. The first-order valence-electron chi connectivity index (χ1n) is 11.2. The molecule has 10 heteroatoms. The molecule has 0 N–H and O–H groups in total. The number of carbonyl (C=O) groups excluding carboxylic acids is 1. The topological polar surface area (TPSA) is 80.4 Å². The average Bonchev–Trinajstić information content (AvgIpc) is 3.54. The number of hydrogen-bond acceptors (Lipinski definition) is 4. The molecule has 3 heterocycles. The Hall–Kier alpha value is -3.76. The summed E-state index contributed by atoms with van der Waals surface area (Å²) in [6.07, 6.45) is 4.96. The van der Waals surface area contributed by atoms with Crippen molar-refractivity contribution in [3.05, 3.63) is 102 Å². The molecular formula is C25H24FN5O3S. The summed E-state index contributed by atoms with van der Waals surface area (Å²) >= 11 is 0. The molecule has 0 unspecified atom stereocenters. The van der Waals surface area contributed by atoms with Crippen molar-refractivity contribution in [1.82, 2.24) is 23.6 Å². The smallest absolute Gasteiger partial charge is 0.259 e. The summed E-state index contributed by atoms with van der Waals surface area (Å²) in [7, 11) is -3.50. The van der Waals surface area contributed by atoms with E-state index >= 15 is 0 Å².